The average Bonchev–Trinajstić information content (AvgIpc) is 2.32. The van der Waals surface area contributed by atoms with Crippen molar-refractivity contribution in [2.75, 3.05) is 24.6 Å². The van der Waals surface area contributed by atoms with E-state index in [9.17, 15) is 0 Å². The summed E-state index contributed by atoms with van der Waals surface area (Å²) in [5, 5.41) is 8.88. The maximum absolute atomic E-state index is 8.88. The number of aromatic nitrogens is 1. The molecular weight excluding hydrogens is 188 g/mol. The Kier molecular flexibility index (Phi) is 3.56. The highest BCUT2D eigenvalue weighted by molar-refractivity contribution is 5.43. The largest absolute Gasteiger partial charge is 0.396 e. The van der Waals surface area contributed by atoms with Crippen molar-refractivity contribution < 1.29 is 5.11 Å². The van der Waals surface area contributed by atoms with E-state index in [1.807, 2.05) is 18.5 Å². The summed E-state index contributed by atoms with van der Waals surface area (Å²) in [6.07, 6.45) is 7.07. The Balaban J connectivity index is 1.88. The van der Waals surface area contributed by atoms with Crippen LogP contribution in [0.2, 0.25) is 0 Å². The molecule has 1 aromatic heterocycles. The lowest BCUT2D eigenvalue weighted by atomic mass is 9.94. The smallest absolute Gasteiger partial charge is 0.0552 e. The summed E-state index contributed by atoms with van der Waals surface area (Å²) in [6.45, 7) is 2.52. The summed E-state index contributed by atoms with van der Waals surface area (Å²) in [7, 11) is 0. The Hall–Kier alpha value is -1.09. The monoisotopic (exact) mass is 206 g/mol. The molecule has 1 aromatic rings. The molecule has 1 fully saturated rings. The minimum absolute atomic E-state index is 0.331. The van der Waals surface area contributed by atoms with Gasteiger partial charge in [0.2, 0.25) is 0 Å². The summed E-state index contributed by atoms with van der Waals surface area (Å²) < 4.78 is 0. The van der Waals surface area contributed by atoms with E-state index < -0.39 is 0 Å². The van der Waals surface area contributed by atoms with Crippen molar-refractivity contribution in [3.05, 3.63) is 24.5 Å². The Morgan fingerprint density at radius 3 is 2.80 bits per heavy atom. The van der Waals surface area contributed by atoms with Gasteiger partial charge in [0.15, 0.2) is 0 Å². The maximum atomic E-state index is 8.88. The second kappa shape index (κ2) is 5.12. The molecular formula is C12H18N2O. The zero-order valence-electron chi connectivity index (χ0n) is 8.97. The minimum Gasteiger partial charge on any atom is -0.396 e. The van der Waals surface area contributed by atoms with Gasteiger partial charge in [-0.2, -0.15) is 0 Å². The molecule has 0 saturated carbocycles. The van der Waals surface area contributed by atoms with Crippen LogP contribution in [0.25, 0.3) is 0 Å². The Labute approximate surface area is 90.8 Å². The van der Waals surface area contributed by atoms with Gasteiger partial charge in [-0.05, 0) is 37.3 Å². The van der Waals surface area contributed by atoms with Crippen LogP contribution in [0.4, 0.5) is 5.69 Å². The number of nitrogens with zero attached hydrogens (tertiary/aromatic N) is 2. The highest BCUT2D eigenvalue weighted by atomic mass is 16.3. The van der Waals surface area contributed by atoms with E-state index >= 15 is 0 Å². The normalized spacial score (nSPS) is 18.1. The lowest BCUT2D eigenvalue weighted by molar-refractivity contribution is 0.240. The molecule has 2 heterocycles. The van der Waals surface area contributed by atoms with Gasteiger partial charge in [0.1, 0.15) is 0 Å². The standard InChI is InChI=1S/C12H18N2O/c15-9-5-11-3-7-14(8-4-11)12-2-1-6-13-10-12/h1-2,6,10-11,15H,3-5,7-9H2. The Morgan fingerprint density at radius 2 is 2.20 bits per heavy atom. The Bertz CT molecular complexity index is 281. The maximum Gasteiger partial charge on any atom is 0.0552 e. The zero-order valence-corrected chi connectivity index (χ0v) is 8.97. The summed E-state index contributed by atoms with van der Waals surface area (Å²) in [5.74, 6) is 0.711. The van der Waals surface area contributed by atoms with Crippen molar-refractivity contribution in [2.24, 2.45) is 5.92 Å². The fraction of sp³-hybridized carbons (Fsp3) is 0.583. The zero-order chi connectivity index (χ0) is 10.5. The van der Waals surface area contributed by atoms with E-state index in [0.717, 1.165) is 19.5 Å². The van der Waals surface area contributed by atoms with Gasteiger partial charge in [-0.3, -0.25) is 4.98 Å². The van der Waals surface area contributed by atoms with Crippen LogP contribution < -0.4 is 4.90 Å². The van der Waals surface area contributed by atoms with Gasteiger partial charge in [0.05, 0.1) is 11.9 Å². The average molecular weight is 206 g/mol. The van der Waals surface area contributed by atoms with Gasteiger partial charge in [-0.1, -0.05) is 0 Å². The molecule has 0 radical (unpaired) electrons. The predicted molar refractivity (Wildman–Crippen MR) is 60.9 cm³/mol. The molecule has 82 valence electrons. The van der Waals surface area contributed by atoms with Gasteiger partial charge >= 0.3 is 0 Å². The molecule has 0 spiro atoms. The van der Waals surface area contributed by atoms with E-state index in [1.165, 1.54) is 18.5 Å². The van der Waals surface area contributed by atoms with E-state index in [-0.39, 0.29) is 0 Å². The van der Waals surface area contributed by atoms with Crippen molar-refractivity contribution in [2.45, 2.75) is 19.3 Å². The molecule has 1 aliphatic heterocycles. The summed E-state index contributed by atoms with van der Waals surface area (Å²) in [4.78, 5) is 6.51. The third-order valence-corrected chi connectivity index (χ3v) is 3.16. The first-order valence-corrected chi connectivity index (χ1v) is 5.66. The quantitative estimate of drug-likeness (QED) is 0.817. The van der Waals surface area contributed by atoms with Crippen LogP contribution in [0.3, 0.4) is 0 Å². The molecule has 1 N–H and O–H groups in total. The van der Waals surface area contributed by atoms with Crippen LogP contribution in [-0.4, -0.2) is 29.8 Å². The molecule has 1 saturated heterocycles. The fourth-order valence-corrected chi connectivity index (χ4v) is 2.20. The highest BCUT2D eigenvalue weighted by Gasteiger charge is 2.18. The molecule has 0 bridgehead atoms. The van der Waals surface area contributed by atoms with Crippen molar-refractivity contribution in [3.63, 3.8) is 0 Å². The van der Waals surface area contributed by atoms with E-state index in [2.05, 4.69) is 16.0 Å². The van der Waals surface area contributed by atoms with Crippen LogP contribution in [0, 0.1) is 5.92 Å². The second-order valence-corrected chi connectivity index (χ2v) is 4.15. The lowest BCUT2D eigenvalue weighted by Gasteiger charge is -2.33. The number of aliphatic hydroxyl groups is 1. The lowest BCUT2D eigenvalue weighted by Crippen LogP contribution is -2.33. The summed E-state index contributed by atoms with van der Waals surface area (Å²) >= 11 is 0. The molecule has 0 aliphatic carbocycles. The van der Waals surface area contributed by atoms with E-state index in [0.29, 0.717) is 12.5 Å². The Morgan fingerprint density at radius 1 is 1.40 bits per heavy atom. The van der Waals surface area contributed by atoms with Crippen molar-refractivity contribution in [1.29, 1.82) is 0 Å². The molecule has 15 heavy (non-hydrogen) atoms. The highest BCUT2D eigenvalue weighted by Crippen LogP contribution is 2.23. The summed E-state index contributed by atoms with van der Waals surface area (Å²) in [6, 6.07) is 4.09. The number of aliphatic hydroxyl groups excluding tert-OH is 1. The van der Waals surface area contributed by atoms with Crippen LogP contribution in [0.1, 0.15) is 19.3 Å². The topological polar surface area (TPSA) is 36.4 Å². The van der Waals surface area contributed by atoms with E-state index in [1.54, 1.807) is 0 Å². The van der Waals surface area contributed by atoms with Gasteiger partial charge in [0.25, 0.3) is 0 Å². The van der Waals surface area contributed by atoms with Crippen LogP contribution in [0.5, 0.6) is 0 Å². The minimum atomic E-state index is 0.331. The fourth-order valence-electron chi connectivity index (χ4n) is 2.20. The second-order valence-electron chi connectivity index (χ2n) is 4.15. The first kappa shape index (κ1) is 10.4. The third kappa shape index (κ3) is 2.69. The molecule has 3 nitrogen and oxygen atoms in total. The molecule has 3 heteroatoms. The van der Waals surface area contributed by atoms with Crippen LogP contribution >= 0.6 is 0 Å². The number of pyridine rings is 1. The molecule has 2 rings (SSSR count). The van der Waals surface area contributed by atoms with Crippen molar-refractivity contribution in [3.8, 4) is 0 Å². The van der Waals surface area contributed by atoms with Gasteiger partial charge in [-0.15, -0.1) is 0 Å². The molecule has 0 atom stereocenters. The predicted octanol–water partition coefficient (Wildman–Crippen LogP) is 1.68. The first-order valence-electron chi connectivity index (χ1n) is 5.66. The number of hydrogen-bond acceptors (Lipinski definition) is 3. The van der Waals surface area contributed by atoms with Crippen LogP contribution in [0.15, 0.2) is 24.5 Å². The summed E-state index contributed by atoms with van der Waals surface area (Å²) in [5.41, 5.74) is 1.22. The first-order chi connectivity index (χ1) is 7.40. The SMILES string of the molecule is OCCC1CCN(c2cccnc2)CC1. The van der Waals surface area contributed by atoms with Gasteiger partial charge in [0, 0.05) is 25.9 Å². The van der Waals surface area contributed by atoms with Crippen molar-refractivity contribution >= 4 is 5.69 Å². The van der Waals surface area contributed by atoms with Gasteiger partial charge in [-0.25, -0.2) is 0 Å². The van der Waals surface area contributed by atoms with Crippen LogP contribution in [-0.2, 0) is 0 Å². The van der Waals surface area contributed by atoms with Crippen molar-refractivity contribution in [1.82, 2.24) is 4.98 Å². The third-order valence-electron chi connectivity index (χ3n) is 3.16. The number of rotatable bonds is 3. The number of anilines is 1. The molecule has 1 aliphatic rings. The van der Waals surface area contributed by atoms with Gasteiger partial charge < -0.3 is 10.0 Å². The number of piperidine rings is 1. The number of hydrogen-bond donors (Lipinski definition) is 1. The molecule has 0 unspecified atom stereocenters. The van der Waals surface area contributed by atoms with E-state index in [4.69, 9.17) is 5.11 Å². The molecule has 0 amide bonds. The molecule has 0 aromatic carbocycles.